The first kappa shape index (κ1) is 25.6. The normalized spacial score (nSPS) is 15.4. The number of ketones is 1. The topological polar surface area (TPSA) is 76.7 Å². The molecule has 2 rings (SSSR count). The van der Waals surface area contributed by atoms with Crippen molar-refractivity contribution in [3.8, 4) is 0 Å². The molecular weight excluding hydrogens is 341 g/mol. The van der Waals surface area contributed by atoms with Crippen molar-refractivity contribution in [2.45, 2.75) is 46.7 Å². The summed E-state index contributed by atoms with van der Waals surface area (Å²) < 4.78 is 47.7. The van der Waals surface area contributed by atoms with Gasteiger partial charge in [-0.15, -0.1) is 0 Å². The largest absolute Gasteiger partial charge is 0.457 e. The molecule has 0 aromatic carbocycles. The van der Waals surface area contributed by atoms with Crippen molar-refractivity contribution >= 4 is 12.1 Å². The number of rotatable bonds is 2. The highest BCUT2D eigenvalue weighted by Crippen LogP contribution is 2.40. The van der Waals surface area contributed by atoms with Gasteiger partial charge in [0, 0.05) is 33.7 Å². The van der Waals surface area contributed by atoms with Crippen molar-refractivity contribution in [3.05, 3.63) is 22.6 Å². The fraction of sp³-hybridized carbons (Fsp3) is 0.647. The van der Waals surface area contributed by atoms with Gasteiger partial charge in [-0.05, 0) is 12.8 Å². The van der Waals surface area contributed by atoms with E-state index in [2.05, 4.69) is 4.74 Å². The molecule has 0 aliphatic heterocycles. The minimum absolute atomic E-state index is 0.000903. The van der Waals surface area contributed by atoms with Gasteiger partial charge >= 0.3 is 6.18 Å². The number of hydrogen-bond acceptors (Lipinski definition) is 5. The fourth-order valence-electron chi connectivity index (χ4n) is 2.11. The lowest BCUT2D eigenvalue weighted by Crippen LogP contribution is -2.20. The second-order valence-electron chi connectivity index (χ2n) is 4.77. The molecule has 1 aliphatic carbocycles. The minimum atomic E-state index is -4.75. The van der Waals surface area contributed by atoms with Crippen molar-refractivity contribution < 1.29 is 37.0 Å². The van der Waals surface area contributed by atoms with E-state index in [1.54, 1.807) is 14.0 Å². The molecule has 1 aromatic heterocycles. The van der Waals surface area contributed by atoms with Crippen LogP contribution < -0.4 is 0 Å². The van der Waals surface area contributed by atoms with Crippen LogP contribution in [-0.2, 0) is 17.3 Å². The zero-order chi connectivity index (χ0) is 20.2. The Morgan fingerprint density at radius 1 is 1.28 bits per heavy atom. The molecule has 8 heteroatoms. The van der Waals surface area contributed by atoms with E-state index >= 15 is 0 Å². The summed E-state index contributed by atoms with van der Waals surface area (Å²) in [7, 11) is 2.68. The van der Waals surface area contributed by atoms with E-state index in [0.717, 1.165) is 13.7 Å². The molecule has 25 heavy (non-hydrogen) atoms. The summed E-state index contributed by atoms with van der Waals surface area (Å²) in [6.07, 6.45) is -4.45. The summed E-state index contributed by atoms with van der Waals surface area (Å²) in [5.41, 5.74) is -1.68. The number of methoxy groups -OCH3 is 1. The van der Waals surface area contributed by atoms with Gasteiger partial charge in [0.1, 0.15) is 11.3 Å². The molecule has 0 amide bonds. The molecule has 1 N–H and O–H groups in total. The Bertz CT molecular complexity index is 519. The maximum absolute atomic E-state index is 12.8. The highest BCUT2D eigenvalue weighted by molar-refractivity contribution is 6.01. The van der Waals surface area contributed by atoms with Gasteiger partial charge in [-0.1, -0.05) is 20.8 Å². The van der Waals surface area contributed by atoms with E-state index < -0.39 is 28.8 Å². The number of Topliss-reactive ketones (excluding diaryl/α,β-unsaturated/α-hetero) is 1. The van der Waals surface area contributed by atoms with Crippen LogP contribution in [0.4, 0.5) is 13.2 Å². The molecule has 0 saturated heterocycles. The van der Waals surface area contributed by atoms with Crippen LogP contribution in [0.15, 0.2) is 4.42 Å². The number of furan rings is 1. The average molecular weight is 368 g/mol. The SMILES string of the molecule is CC.CC1CC(=O)c2c(oc(C=O)c2C(F)(F)F)C1.CCOC.CO. The van der Waals surface area contributed by atoms with Crippen LogP contribution in [0, 0.1) is 5.92 Å². The first-order valence-electron chi connectivity index (χ1n) is 7.91. The summed E-state index contributed by atoms with van der Waals surface area (Å²) in [6, 6.07) is 0. The Hall–Kier alpha value is -1.67. The van der Waals surface area contributed by atoms with Gasteiger partial charge in [0.2, 0.25) is 0 Å². The van der Waals surface area contributed by atoms with Crippen LogP contribution >= 0.6 is 0 Å². The fourth-order valence-corrected chi connectivity index (χ4v) is 2.11. The summed E-state index contributed by atoms with van der Waals surface area (Å²) in [4.78, 5) is 22.2. The lowest BCUT2D eigenvalue weighted by Gasteiger charge is -2.16. The van der Waals surface area contributed by atoms with Gasteiger partial charge in [-0.3, -0.25) is 9.59 Å². The zero-order valence-corrected chi connectivity index (χ0v) is 15.5. The summed E-state index contributed by atoms with van der Waals surface area (Å²) in [6.45, 7) is 8.53. The van der Waals surface area contributed by atoms with Crippen LogP contribution in [0.25, 0.3) is 0 Å². The smallest absolute Gasteiger partial charge is 0.420 e. The number of ether oxygens (including phenoxy) is 1. The van der Waals surface area contributed by atoms with Crippen molar-refractivity contribution in [1.82, 2.24) is 0 Å². The Labute approximate surface area is 146 Å². The number of carbonyl (C=O) groups excluding carboxylic acids is 2. The molecule has 0 bridgehead atoms. The Morgan fingerprint density at radius 3 is 2.12 bits per heavy atom. The zero-order valence-electron chi connectivity index (χ0n) is 15.5. The van der Waals surface area contributed by atoms with E-state index in [4.69, 9.17) is 9.52 Å². The Morgan fingerprint density at radius 2 is 1.76 bits per heavy atom. The van der Waals surface area contributed by atoms with Gasteiger partial charge < -0.3 is 14.3 Å². The lowest BCUT2D eigenvalue weighted by atomic mass is 9.86. The molecule has 1 aliphatic rings. The molecule has 1 heterocycles. The lowest BCUT2D eigenvalue weighted by molar-refractivity contribution is -0.138. The summed E-state index contributed by atoms with van der Waals surface area (Å²) in [5, 5.41) is 7.00. The van der Waals surface area contributed by atoms with Gasteiger partial charge in [0.05, 0.1) is 5.56 Å². The summed E-state index contributed by atoms with van der Waals surface area (Å²) >= 11 is 0. The van der Waals surface area contributed by atoms with Gasteiger partial charge in [0.25, 0.3) is 0 Å². The molecule has 1 unspecified atom stereocenters. The molecule has 5 nitrogen and oxygen atoms in total. The number of hydrogen-bond donors (Lipinski definition) is 1. The standard InChI is InChI=1S/C11H9F3O3.C3H8O.C2H6.CH4O/c1-5-2-6(16)9-7(3-5)17-8(4-15)10(9)11(12,13)14;1-3-4-2;2*1-2/h4-5H,2-3H2,1H3;3H2,1-2H3;1-2H3;2H,1H3. The average Bonchev–Trinajstić information content (AvgIpc) is 2.98. The third-order valence-corrected chi connectivity index (χ3v) is 3.03. The van der Waals surface area contributed by atoms with Crippen LogP contribution in [0.3, 0.4) is 0 Å². The van der Waals surface area contributed by atoms with Gasteiger partial charge in [0.15, 0.2) is 17.8 Å². The third-order valence-electron chi connectivity index (χ3n) is 3.03. The first-order valence-corrected chi connectivity index (χ1v) is 7.91. The van der Waals surface area contributed by atoms with Crippen molar-refractivity contribution in [2.75, 3.05) is 20.8 Å². The van der Waals surface area contributed by atoms with Gasteiger partial charge in [-0.2, -0.15) is 13.2 Å². The van der Waals surface area contributed by atoms with Crippen LogP contribution in [0.1, 0.15) is 66.4 Å². The van der Waals surface area contributed by atoms with E-state index in [1.807, 2.05) is 20.8 Å². The molecule has 0 fully saturated rings. The molecule has 0 radical (unpaired) electrons. The highest BCUT2D eigenvalue weighted by Gasteiger charge is 2.44. The molecule has 146 valence electrons. The summed E-state index contributed by atoms with van der Waals surface area (Å²) in [5.74, 6) is -1.50. The third kappa shape index (κ3) is 7.39. The molecule has 1 atom stereocenters. The number of halogens is 3. The predicted molar refractivity (Wildman–Crippen MR) is 88.0 cm³/mol. The van der Waals surface area contributed by atoms with Crippen molar-refractivity contribution in [1.29, 1.82) is 0 Å². The monoisotopic (exact) mass is 368 g/mol. The number of alkyl halides is 3. The maximum Gasteiger partial charge on any atom is 0.420 e. The number of fused-ring (bicyclic) bond motifs is 1. The first-order chi connectivity index (χ1) is 11.8. The Kier molecular flexibility index (Phi) is 12.9. The maximum atomic E-state index is 12.8. The second kappa shape index (κ2) is 12.7. The van der Waals surface area contributed by atoms with Crippen LogP contribution in [0.2, 0.25) is 0 Å². The quantitative estimate of drug-likeness (QED) is 0.793. The Balaban J connectivity index is 0. The van der Waals surface area contributed by atoms with Crippen molar-refractivity contribution in [2.24, 2.45) is 5.92 Å². The van der Waals surface area contributed by atoms with Crippen LogP contribution in [0.5, 0.6) is 0 Å². The minimum Gasteiger partial charge on any atom is -0.457 e. The number of carbonyl (C=O) groups is 2. The molecular formula is C17H27F3O5. The molecule has 0 spiro atoms. The number of aldehydes is 1. The van der Waals surface area contributed by atoms with E-state index in [0.29, 0.717) is 0 Å². The number of aliphatic hydroxyl groups is 1. The number of aliphatic hydroxyl groups excluding tert-OH is 1. The van der Waals surface area contributed by atoms with Gasteiger partial charge in [-0.25, -0.2) is 0 Å². The van der Waals surface area contributed by atoms with Crippen LogP contribution in [-0.4, -0.2) is 38.0 Å². The van der Waals surface area contributed by atoms with Crippen molar-refractivity contribution in [3.63, 3.8) is 0 Å². The van der Waals surface area contributed by atoms with E-state index in [9.17, 15) is 22.8 Å². The molecule has 1 aromatic rings. The highest BCUT2D eigenvalue weighted by atomic mass is 19.4. The second-order valence-corrected chi connectivity index (χ2v) is 4.77. The molecule has 0 saturated carbocycles. The van der Waals surface area contributed by atoms with E-state index in [1.165, 1.54) is 0 Å². The van der Waals surface area contributed by atoms with E-state index in [-0.39, 0.29) is 30.8 Å². The predicted octanol–water partition coefficient (Wildman–Crippen LogP) is 4.16.